The van der Waals surface area contributed by atoms with Gasteiger partial charge in [0.25, 0.3) is 0 Å². The first-order chi connectivity index (χ1) is 14.0. The first-order valence-electron chi connectivity index (χ1n) is 9.96. The number of imidazole rings is 1. The zero-order valence-corrected chi connectivity index (χ0v) is 17.5. The molecule has 1 fully saturated rings. The monoisotopic (exact) mass is 404 g/mol. The van der Waals surface area contributed by atoms with Crippen LogP contribution in [0.3, 0.4) is 0 Å². The molecule has 0 bridgehead atoms. The molecule has 1 radical (unpaired) electrons. The highest BCUT2D eigenvalue weighted by Gasteiger charge is 2.36. The van der Waals surface area contributed by atoms with Gasteiger partial charge in [0, 0.05) is 30.0 Å². The van der Waals surface area contributed by atoms with Crippen molar-refractivity contribution in [2.45, 2.75) is 33.2 Å². The maximum atomic E-state index is 6.33. The van der Waals surface area contributed by atoms with E-state index < -0.39 is 0 Å². The van der Waals surface area contributed by atoms with Gasteiger partial charge in [-0.1, -0.05) is 18.5 Å². The van der Waals surface area contributed by atoms with Crippen LogP contribution in [0.15, 0.2) is 42.7 Å². The average Bonchev–Trinajstić information content (AvgIpc) is 3.42. The summed E-state index contributed by atoms with van der Waals surface area (Å²) in [6.07, 6.45) is 4.87. The van der Waals surface area contributed by atoms with E-state index in [0.717, 1.165) is 51.8 Å². The van der Waals surface area contributed by atoms with Crippen molar-refractivity contribution in [2.75, 3.05) is 11.4 Å². The number of nitrogens with zero attached hydrogens (tertiary/aromatic N) is 4. The zero-order valence-electron chi connectivity index (χ0n) is 16.8. The molecule has 1 aliphatic rings. The van der Waals surface area contributed by atoms with Gasteiger partial charge in [0.2, 0.25) is 0 Å². The van der Waals surface area contributed by atoms with Crippen molar-refractivity contribution in [1.29, 1.82) is 0 Å². The quantitative estimate of drug-likeness (QED) is 0.497. The highest BCUT2D eigenvalue weighted by atomic mass is 35.5. The van der Waals surface area contributed by atoms with Crippen molar-refractivity contribution in [2.24, 2.45) is 5.92 Å². The Morgan fingerprint density at radius 1 is 1.24 bits per heavy atom. The molecular weight excluding hydrogens is 382 g/mol. The van der Waals surface area contributed by atoms with Gasteiger partial charge in [-0.05, 0) is 67.6 Å². The Bertz CT molecular complexity index is 1140. The zero-order chi connectivity index (χ0) is 20.1. The molecule has 4 aromatic rings. The predicted octanol–water partition coefficient (Wildman–Crippen LogP) is 5.41. The molecule has 0 saturated carbocycles. The molecule has 2 atom stereocenters. The summed E-state index contributed by atoms with van der Waals surface area (Å²) in [6.45, 7) is 7.39. The van der Waals surface area contributed by atoms with Crippen LogP contribution in [0.4, 0.5) is 5.69 Å². The van der Waals surface area contributed by atoms with Crippen molar-refractivity contribution in [3.05, 3.63) is 70.8 Å². The fraction of sp³-hybridized carbons (Fsp3) is 0.304. The highest BCUT2D eigenvalue weighted by molar-refractivity contribution is 6.32. The van der Waals surface area contributed by atoms with E-state index in [2.05, 4.69) is 47.0 Å². The van der Waals surface area contributed by atoms with Crippen LogP contribution in [-0.4, -0.2) is 26.3 Å². The van der Waals surface area contributed by atoms with E-state index in [4.69, 9.17) is 16.6 Å². The molecule has 0 spiro atoms. The van der Waals surface area contributed by atoms with E-state index in [-0.39, 0.29) is 6.04 Å². The van der Waals surface area contributed by atoms with Crippen LogP contribution in [0.25, 0.3) is 16.7 Å². The number of hydrogen-bond donors (Lipinski definition) is 1. The molecular formula is C23H23ClN5. The van der Waals surface area contributed by atoms with Gasteiger partial charge in [-0.15, -0.1) is 0 Å². The Labute approximate surface area is 175 Å². The van der Waals surface area contributed by atoms with Gasteiger partial charge in [-0.3, -0.25) is 0 Å². The second kappa shape index (κ2) is 6.92. The summed E-state index contributed by atoms with van der Waals surface area (Å²) < 4.78 is 1.89. The lowest BCUT2D eigenvalue weighted by molar-refractivity contribution is 0.513. The molecule has 5 nitrogen and oxygen atoms in total. The number of aromatic nitrogens is 4. The van der Waals surface area contributed by atoms with E-state index >= 15 is 0 Å². The summed E-state index contributed by atoms with van der Waals surface area (Å²) in [5.74, 6) is 1.46. The lowest BCUT2D eigenvalue weighted by Crippen LogP contribution is -2.27. The molecule has 6 heteroatoms. The van der Waals surface area contributed by atoms with E-state index in [1.165, 1.54) is 5.56 Å². The molecule has 1 aliphatic heterocycles. The average molecular weight is 405 g/mol. The Morgan fingerprint density at radius 2 is 2.10 bits per heavy atom. The minimum atomic E-state index is 0.158. The van der Waals surface area contributed by atoms with E-state index in [9.17, 15) is 0 Å². The number of hydrogen-bond acceptors (Lipinski definition) is 3. The highest BCUT2D eigenvalue weighted by Crippen LogP contribution is 2.42. The molecule has 1 saturated heterocycles. The van der Waals surface area contributed by atoms with Gasteiger partial charge in [0.1, 0.15) is 5.82 Å². The van der Waals surface area contributed by atoms with E-state index in [1.807, 2.05) is 36.0 Å². The van der Waals surface area contributed by atoms with Crippen LogP contribution < -0.4 is 4.90 Å². The fourth-order valence-corrected chi connectivity index (χ4v) is 4.48. The normalized spacial score (nSPS) is 19.4. The minimum absolute atomic E-state index is 0.158. The number of aryl methyl sites for hydroxylation is 2. The number of halogens is 1. The number of aromatic amines is 1. The van der Waals surface area contributed by atoms with Gasteiger partial charge in [0.15, 0.2) is 0 Å². The summed E-state index contributed by atoms with van der Waals surface area (Å²) in [5, 5.41) is 5.19. The summed E-state index contributed by atoms with van der Waals surface area (Å²) in [6, 6.07) is 13.8. The first-order valence-corrected chi connectivity index (χ1v) is 10.3. The second-order valence-corrected chi connectivity index (χ2v) is 8.41. The molecule has 0 amide bonds. The third-order valence-corrected chi connectivity index (χ3v) is 6.25. The maximum Gasteiger partial charge on any atom is 0.130 e. The van der Waals surface area contributed by atoms with Gasteiger partial charge >= 0.3 is 0 Å². The molecule has 3 heterocycles. The van der Waals surface area contributed by atoms with Gasteiger partial charge in [0.05, 0.1) is 28.5 Å². The molecule has 1 N–H and O–H groups in total. The summed E-state index contributed by atoms with van der Waals surface area (Å²) in [7, 11) is 0. The van der Waals surface area contributed by atoms with E-state index in [1.54, 1.807) is 6.20 Å². The van der Waals surface area contributed by atoms with E-state index in [0.29, 0.717) is 5.92 Å². The SMILES string of the molecule is Cc1c[c]c(-n2cccn2)c(N2CC[C@H](C)[C@H]2c2nc3cc(Cl)c(C)cc3[nH]2)c1. The Balaban J connectivity index is 1.62. The van der Waals surface area contributed by atoms with Crippen LogP contribution in [0.5, 0.6) is 0 Å². The Hall–Kier alpha value is -2.79. The van der Waals surface area contributed by atoms with Crippen LogP contribution in [-0.2, 0) is 0 Å². The van der Waals surface area contributed by atoms with Crippen LogP contribution in [0.1, 0.15) is 36.3 Å². The number of benzene rings is 2. The summed E-state index contributed by atoms with van der Waals surface area (Å²) >= 11 is 6.33. The number of anilines is 1. The predicted molar refractivity (Wildman–Crippen MR) is 117 cm³/mol. The summed E-state index contributed by atoms with van der Waals surface area (Å²) in [5.41, 5.74) is 6.29. The number of rotatable bonds is 3. The third kappa shape index (κ3) is 3.10. The molecule has 2 aromatic carbocycles. The second-order valence-electron chi connectivity index (χ2n) is 8.01. The molecule has 0 aliphatic carbocycles. The Morgan fingerprint density at radius 3 is 2.90 bits per heavy atom. The smallest absolute Gasteiger partial charge is 0.130 e. The molecule has 5 rings (SSSR count). The lowest BCUT2D eigenvalue weighted by atomic mass is 10.0. The van der Waals surface area contributed by atoms with Crippen molar-refractivity contribution in [3.63, 3.8) is 0 Å². The number of nitrogens with one attached hydrogen (secondary N) is 1. The third-order valence-electron chi connectivity index (χ3n) is 5.85. The van der Waals surface area contributed by atoms with Crippen molar-refractivity contribution in [1.82, 2.24) is 19.7 Å². The standard InChI is InChI=1S/C23H23ClN5/c1-14-5-6-20(29-9-4-8-25-29)21(11-14)28-10-7-15(2)22(28)23-26-18-12-16(3)17(24)13-19(18)27-23/h4-5,8-9,11-13,15,22H,7,10H2,1-3H3,(H,26,27)/t15-,22-/m0/s1. The van der Waals surface area contributed by atoms with Gasteiger partial charge < -0.3 is 9.88 Å². The lowest BCUT2D eigenvalue weighted by Gasteiger charge is -2.29. The first kappa shape index (κ1) is 18.3. The molecule has 29 heavy (non-hydrogen) atoms. The largest absolute Gasteiger partial charge is 0.359 e. The van der Waals surface area contributed by atoms with Crippen LogP contribution >= 0.6 is 11.6 Å². The van der Waals surface area contributed by atoms with Crippen molar-refractivity contribution in [3.8, 4) is 5.69 Å². The minimum Gasteiger partial charge on any atom is -0.359 e. The maximum absolute atomic E-state index is 6.33. The van der Waals surface area contributed by atoms with Crippen LogP contribution in [0.2, 0.25) is 5.02 Å². The van der Waals surface area contributed by atoms with Crippen molar-refractivity contribution < 1.29 is 0 Å². The summed E-state index contributed by atoms with van der Waals surface area (Å²) in [4.78, 5) is 10.9. The molecule has 2 aromatic heterocycles. The van der Waals surface area contributed by atoms with Crippen LogP contribution in [0, 0.1) is 25.8 Å². The van der Waals surface area contributed by atoms with Gasteiger partial charge in [-0.25, -0.2) is 9.67 Å². The fourth-order valence-electron chi connectivity index (χ4n) is 4.32. The molecule has 0 unspecified atom stereocenters. The topological polar surface area (TPSA) is 49.7 Å². The molecule has 147 valence electrons. The number of fused-ring (bicyclic) bond motifs is 1. The van der Waals surface area contributed by atoms with Crippen molar-refractivity contribution >= 4 is 28.3 Å². The van der Waals surface area contributed by atoms with Gasteiger partial charge in [-0.2, -0.15) is 5.10 Å². The Kier molecular flexibility index (Phi) is 4.36. The number of H-pyrrole nitrogens is 1.